The van der Waals surface area contributed by atoms with Gasteiger partial charge >= 0.3 is 6.18 Å². The maximum absolute atomic E-state index is 12.6. The van der Waals surface area contributed by atoms with Crippen LogP contribution in [-0.2, 0) is 0 Å². The average Bonchev–Trinajstić information content (AvgIpc) is 2.33. The third-order valence-electron chi connectivity index (χ3n) is 5.10. The van der Waals surface area contributed by atoms with Crippen molar-refractivity contribution in [2.75, 3.05) is 0 Å². The van der Waals surface area contributed by atoms with Gasteiger partial charge in [0.05, 0.1) is 5.92 Å². The summed E-state index contributed by atoms with van der Waals surface area (Å²) in [7, 11) is 0. The van der Waals surface area contributed by atoms with E-state index < -0.39 is 12.1 Å². The van der Waals surface area contributed by atoms with Crippen molar-refractivity contribution in [3.05, 3.63) is 0 Å². The Balaban J connectivity index is 1.79. The van der Waals surface area contributed by atoms with E-state index in [4.69, 9.17) is 0 Å². The Labute approximate surface area is 114 Å². The Morgan fingerprint density at radius 1 is 0.895 bits per heavy atom. The molecule has 0 aromatic heterocycles. The van der Waals surface area contributed by atoms with Gasteiger partial charge in [0.25, 0.3) is 0 Å². The van der Waals surface area contributed by atoms with E-state index >= 15 is 0 Å². The highest BCUT2D eigenvalue weighted by Crippen LogP contribution is 2.38. The molecule has 2 aliphatic rings. The zero-order valence-corrected chi connectivity index (χ0v) is 12.0. The largest absolute Gasteiger partial charge is 0.391 e. The number of hydrogen-bond donors (Lipinski definition) is 1. The number of rotatable bonds is 2. The molecule has 0 bridgehead atoms. The molecule has 2 fully saturated rings. The number of hydrogen-bond acceptors (Lipinski definition) is 1. The van der Waals surface area contributed by atoms with E-state index in [-0.39, 0.29) is 0 Å². The molecule has 0 radical (unpaired) electrons. The fourth-order valence-electron chi connectivity index (χ4n) is 3.65. The molecular weight excluding hydrogens is 251 g/mol. The molecule has 0 aromatic carbocycles. The van der Waals surface area contributed by atoms with E-state index in [0.29, 0.717) is 43.7 Å². The lowest BCUT2D eigenvalue weighted by Crippen LogP contribution is -2.47. The Morgan fingerprint density at radius 3 is 2.11 bits per heavy atom. The molecule has 3 unspecified atom stereocenters. The second-order valence-electron chi connectivity index (χ2n) is 6.76. The van der Waals surface area contributed by atoms with Crippen LogP contribution in [0.3, 0.4) is 0 Å². The standard InChI is InChI=1S/C15H26F3N/c1-10-3-4-11(2)14(9-10)19-13-7-5-12(6-8-13)15(16,17)18/h10-14,19H,3-9H2,1-2H3. The van der Waals surface area contributed by atoms with E-state index in [1.54, 1.807) is 0 Å². The Bertz CT molecular complexity index is 282. The van der Waals surface area contributed by atoms with E-state index in [0.717, 1.165) is 5.92 Å². The zero-order valence-electron chi connectivity index (χ0n) is 12.0. The van der Waals surface area contributed by atoms with Crippen molar-refractivity contribution in [1.82, 2.24) is 5.32 Å². The highest BCUT2D eigenvalue weighted by atomic mass is 19.4. The summed E-state index contributed by atoms with van der Waals surface area (Å²) in [5.74, 6) is 0.352. The van der Waals surface area contributed by atoms with Crippen LogP contribution in [0.1, 0.15) is 58.8 Å². The maximum Gasteiger partial charge on any atom is 0.391 e. The first-order valence-electron chi connectivity index (χ1n) is 7.69. The summed E-state index contributed by atoms with van der Waals surface area (Å²) >= 11 is 0. The molecule has 1 nitrogen and oxygen atoms in total. The van der Waals surface area contributed by atoms with Crippen LogP contribution in [0.2, 0.25) is 0 Å². The number of alkyl halides is 3. The van der Waals surface area contributed by atoms with Gasteiger partial charge in [-0.25, -0.2) is 0 Å². The van der Waals surface area contributed by atoms with Gasteiger partial charge in [-0.15, -0.1) is 0 Å². The molecule has 0 aliphatic heterocycles. The first-order valence-corrected chi connectivity index (χ1v) is 7.69. The highest BCUT2D eigenvalue weighted by molar-refractivity contribution is 4.87. The van der Waals surface area contributed by atoms with Gasteiger partial charge in [-0.2, -0.15) is 13.2 Å². The Morgan fingerprint density at radius 2 is 1.53 bits per heavy atom. The molecule has 1 N–H and O–H groups in total. The second-order valence-corrected chi connectivity index (χ2v) is 6.76. The van der Waals surface area contributed by atoms with Gasteiger partial charge in [0.1, 0.15) is 0 Å². The monoisotopic (exact) mass is 277 g/mol. The molecule has 3 atom stereocenters. The molecule has 2 aliphatic carbocycles. The highest BCUT2D eigenvalue weighted by Gasteiger charge is 2.41. The predicted octanol–water partition coefficient (Wildman–Crippen LogP) is 4.52. The van der Waals surface area contributed by atoms with E-state index in [1.807, 2.05) is 0 Å². The number of nitrogens with one attached hydrogen (secondary N) is 1. The van der Waals surface area contributed by atoms with Crippen LogP contribution < -0.4 is 5.32 Å². The molecule has 4 heteroatoms. The lowest BCUT2D eigenvalue weighted by molar-refractivity contribution is -0.182. The van der Waals surface area contributed by atoms with Crippen molar-refractivity contribution < 1.29 is 13.2 Å². The van der Waals surface area contributed by atoms with Crippen LogP contribution in [0.25, 0.3) is 0 Å². The van der Waals surface area contributed by atoms with Crippen LogP contribution in [0.4, 0.5) is 13.2 Å². The Hall–Kier alpha value is -0.250. The van der Waals surface area contributed by atoms with Gasteiger partial charge < -0.3 is 5.32 Å². The molecule has 2 saturated carbocycles. The fraction of sp³-hybridized carbons (Fsp3) is 1.00. The average molecular weight is 277 g/mol. The van der Waals surface area contributed by atoms with Crippen molar-refractivity contribution >= 4 is 0 Å². The van der Waals surface area contributed by atoms with Crippen molar-refractivity contribution in [3.63, 3.8) is 0 Å². The number of halogens is 3. The van der Waals surface area contributed by atoms with Crippen molar-refractivity contribution in [2.45, 2.75) is 77.1 Å². The summed E-state index contributed by atoms with van der Waals surface area (Å²) in [6, 6.07) is 0.813. The lowest BCUT2D eigenvalue weighted by Gasteiger charge is -2.38. The molecule has 0 spiro atoms. The van der Waals surface area contributed by atoms with Gasteiger partial charge in [-0.1, -0.05) is 20.3 Å². The fourth-order valence-corrected chi connectivity index (χ4v) is 3.65. The summed E-state index contributed by atoms with van der Waals surface area (Å²) < 4.78 is 37.9. The summed E-state index contributed by atoms with van der Waals surface area (Å²) in [4.78, 5) is 0. The normalized spacial score (nSPS) is 41.2. The molecule has 19 heavy (non-hydrogen) atoms. The van der Waals surface area contributed by atoms with Gasteiger partial charge in [0.15, 0.2) is 0 Å². The van der Waals surface area contributed by atoms with Crippen molar-refractivity contribution in [1.29, 1.82) is 0 Å². The summed E-state index contributed by atoms with van der Waals surface area (Å²) in [5.41, 5.74) is 0. The predicted molar refractivity (Wildman–Crippen MR) is 70.9 cm³/mol. The van der Waals surface area contributed by atoms with Crippen molar-refractivity contribution in [3.8, 4) is 0 Å². The van der Waals surface area contributed by atoms with Crippen molar-refractivity contribution in [2.24, 2.45) is 17.8 Å². The Kier molecular flexibility index (Phi) is 4.80. The van der Waals surface area contributed by atoms with Gasteiger partial charge in [-0.3, -0.25) is 0 Å². The molecular formula is C15H26F3N. The minimum absolute atomic E-state index is 0.302. The minimum atomic E-state index is -3.99. The van der Waals surface area contributed by atoms with Crippen LogP contribution in [0.5, 0.6) is 0 Å². The smallest absolute Gasteiger partial charge is 0.311 e. The van der Waals surface area contributed by atoms with Gasteiger partial charge in [0, 0.05) is 12.1 Å². The molecule has 2 rings (SSSR count). The second kappa shape index (κ2) is 6.02. The SMILES string of the molecule is CC1CCC(C)C(NC2CCC(C(F)(F)F)CC2)C1. The maximum atomic E-state index is 12.6. The first kappa shape index (κ1) is 15.1. The van der Waals surface area contributed by atoms with E-state index in [9.17, 15) is 13.2 Å². The van der Waals surface area contributed by atoms with Crippen LogP contribution >= 0.6 is 0 Å². The van der Waals surface area contributed by atoms with Crippen LogP contribution in [0.15, 0.2) is 0 Å². The van der Waals surface area contributed by atoms with E-state index in [2.05, 4.69) is 19.2 Å². The zero-order chi connectivity index (χ0) is 14.0. The topological polar surface area (TPSA) is 12.0 Å². The minimum Gasteiger partial charge on any atom is -0.311 e. The molecule has 0 saturated heterocycles. The van der Waals surface area contributed by atoms with Crippen LogP contribution in [-0.4, -0.2) is 18.3 Å². The van der Waals surface area contributed by atoms with Crippen LogP contribution in [0, 0.1) is 17.8 Å². The van der Waals surface area contributed by atoms with E-state index in [1.165, 1.54) is 19.3 Å². The summed E-state index contributed by atoms with van der Waals surface area (Å²) in [6.45, 7) is 4.55. The van der Waals surface area contributed by atoms with Gasteiger partial charge in [-0.05, 0) is 50.4 Å². The summed E-state index contributed by atoms with van der Waals surface area (Å²) in [6.07, 6.45) is 1.70. The summed E-state index contributed by atoms with van der Waals surface area (Å²) in [5, 5.41) is 3.64. The quantitative estimate of drug-likeness (QED) is 0.782. The third-order valence-corrected chi connectivity index (χ3v) is 5.10. The molecule has 0 amide bonds. The molecule has 0 aromatic rings. The van der Waals surface area contributed by atoms with Gasteiger partial charge in [0.2, 0.25) is 0 Å². The molecule has 112 valence electrons. The first-order chi connectivity index (χ1) is 8.86. The third kappa shape index (κ3) is 4.11. The molecule has 0 heterocycles. The lowest BCUT2D eigenvalue weighted by atomic mass is 9.78.